The second-order valence-electron chi connectivity index (χ2n) is 6.61. The van der Waals surface area contributed by atoms with E-state index in [1.807, 2.05) is 67.2 Å². The third-order valence-electron chi connectivity index (χ3n) is 4.50. The summed E-state index contributed by atoms with van der Waals surface area (Å²) in [6.07, 6.45) is 11.1. The molecule has 0 N–H and O–H groups in total. The van der Waals surface area contributed by atoms with Crippen molar-refractivity contribution in [2.45, 2.75) is 0 Å². The molecule has 6 heteroatoms. The van der Waals surface area contributed by atoms with Gasteiger partial charge in [-0.15, -0.1) is 0 Å². The topological polar surface area (TPSA) is 21.5 Å². The maximum atomic E-state index is 14.0. The smallest absolute Gasteiger partial charge is 0.627 e. The summed E-state index contributed by atoms with van der Waals surface area (Å²) in [5.74, 6) is 0.238. The molecule has 2 aromatic rings. The van der Waals surface area contributed by atoms with Crippen molar-refractivity contribution in [3.63, 3.8) is 0 Å². The van der Waals surface area contributed by atoms with Gasteiger partial charge in [-0.05, 0) is 40.6 Å². The Labute approximate surface area is 156 Å². The molecule has 2 aromatic carbocycles. The average Bonchev–Trinajstić information content (AvgIpc) is 2.65. The summed E-state index contributed by atoms with van der Waals surface area (Å²) in [5.41, 5.74) is 2.50. The molecule has 27 heavy (non-hydrogen) atoms. The minimum absolute atomic E-state index is 0.106. The van der Waals surface area contributed by atoms with E-state index in [4.69, 9.17) is 9.31 Å². The first-order chi connectivity index (χ1) is 12.9. The Balaban J connectivity index is 1.80. The number of hydrogen-bond donors (Lipinski definition) is 0. The van der Waals surface area contributed by atoms with Crippen molar-refractivity contribution in [1.29, 1.82) is 0 Å². The van der Waals surface area contributed by atoms with E-state index in [9.17, 15) is 8.63 Å². The van der Waals surface area contributed by atoms with Crippen molar-refractivity contribution in [2.24, 2.45) is 0 Å². The highest BCUT2D eigenvalue weighted by Gasteiger charge is 2.39. The zero-order valence-corrected chi connectivity index (χ0v) is 15.0. The first-order valence-corrected chi connectivity index (χ1v) is 8.65. The number of benzene rings is 2. The molecule has 0 bridgehead atoms. The van der Waals surface area contributed by atoms with Crippen LogP contribution in [-0.4, -0.2) is 31.5 Å². The van der Waals surface area contributed by atoms with Crippen LogP contribution in [0.5, 0.6) is 5.75 Å². The van der Waals surface area contributed by atoms with E-state index in [0.29, 0.717) is 5.56 Å². The molecule has 0 saturated carbocycles. The molecule has 0 amide bonds. The molecule has 0 atom stereocenters. The number of rotatable bonds is 1. The monoisotopic (exact) mass is 365 g/mol. The van der Waals surface area contributed by atoms with Crippen LogP contribution in [0, 0.1) is 0 Å². The second-order valence-corrected chi connectivity index (χ2v) is 6.61. The number of hydrogen-bond acceptors (Lipinski definition) is 2. The van der Waals surface area contributed by atoms with Gasteiger partial charge in [0.1, 0.15) is 14.1 Å². The molecule has 0 unspecified atom stereocenters. The number of allylic oxidation sites excluding steroid dienone is 7. The first kappa shape index (κ1) is 17.3. The molecule has 1 aliphatic carbocycles. The SMILES string of the molecule is C[N+](C)=C1C=CC(=C/C=C2/O[B-](F)(F)Oc3ccc4ccccc4c32)C=C1. The van der Waals surface area contributed by atoms with E-state index in [2.05, 4.69) is 0 Å². The van der Waals surface area contributed by atoms with Crippen LogP contribution >= 0.6 is 0 Å². The van der Waals surface area contributed by atoms with Crippen LogP contribution in [0.2, 0.25) is 0 Å². The summed E-state index contributed by atoms with van der Waals surface area (Å²) in [6.45, 7) is 0. The maximum absolute atomic E-state index is 14.0. The Morgan fingerprint density at radius 2 is 1.63 bits per heavy atom. The van der Waals surface area contributed by atoms with Gasteiger partial charge in [-0.3, -0.25) is 0 Å². The summed E-state index contributed by atoms with van der Waals surface area (Å²) in [6, 6.07) is 10.9. The van der Waals surface area contributed by atoms with Crippen molar-refractivity contribution in [1.82, 2.24) is 0 Å². The zero-order valence-electron chi connectivity index (χ0n) is 15.0. The number of halogens is 2. The van der Waals surface area contributed by atoms with Gasteiger partial charge in [-0.25, -0.2) is 4.58 Å². The lowest BCUT2D eigenvalue weighted by Crippen LogP contribution is -2.38. The molecule has 1 aliphatic heterocycles. The van der Waals surface area contributed by atoms with Gasteiger partial charge in [0.25, 0.3) is 0 Å². The lowest BCUT2D eigenvalue weighted by Gasteiger charge is -2.36. The average molecular weight is 365 g/mol. The lowest BCUT2D eigenvalue weighted by atomic mass is 9.97. The highest BCUT2D eigenvalue weighted by molar-refractivity contribution is 6.54. The van der Waals surface area contributed by atoms with E-state index in [1.165, 1.54) is 0 Å². The van der Waals surface area contributed by atoms with Crippen molar-refractivity contribution in [2.75, 3.05) is 14.1 Å². The Morgan fingerprint density at radius 1 is 0.889 bits per heavy atom. The van der Waals surface area contributed by atoms with E-state index < -0.39 is 7.11 Å². The zero-order chi connectivity index (χ0) is 19.0. The van der Waals surface area contributed by atoms with E-state index >= 15 is 0 Å². The number of fused-ring (bicyclic) bond motifs is 3. The van der Waals surface area contributed by atoms with Gasteiger partial charge in [0.2, 0.25) is 0 Å². The second kappa shape index (κ2) is 6.54. The summed E-state index contributed by atoms with van der Waals surface area (Å²) in [4.78, 5) is 0. The predicted molar refractivity (Wildman–Crippen MR) is 105 cm³/mol. The molecule has 0 saturated heterocycles. The predicted octanol–water partition coefficient (Wildman–Crippen LogP) is 4.73. The van der Waals surface area contributed by atoms with Crippen LogP contribution in [0.1, 0.15) is 5.56 Å². The number of nitrogens with zero attached hydrogens (tertiary/aromatic N) is 1. The minimum Gasteiger partial charge on any atom is -0.627 e. The Morgan fingerprint density at radius 3 is 2.37 bits per heavy atom. The molecule has 4 rings (SSSR count). The van der Waals surface area contributed by atoms with Crippen LogP contribution in [0.3, 0.4) is 0 Å². The lowest BCUT2D eigenvalue weighted by molar-refractivity contribution is -0.462. The molecule has 1 heterocycles. The molecule has 136 valence electrons. The van der Waals surface area contributed by atoms with Crippen molar-refractivity contribution in [3.05, 3.63) is 84.0 Å². The van der Waals surface area contributed by atoms with Gasteiger partial charge >= 0.3 is 7.11 Å². The van der Waals surface area contributed by atoms with E-state index in [0.717, 1.165) is 22.1 Å². The van der Waals surface area contributed by atoms with E-state index in [1.54, 1.807) is 24.3 Å². The highest BCUT2D eigenvalue weighted by atomic mass is 19.3. The van der Waals surface area contributed by atoms with Gasteiger partial charge < -0.3 is 17.9 Å². The Bertz CT molecular complexity index is 1060. The van der Waals surface area contributed by atoms with Crippen LogP contribution in [0.15, 0.2) is 78.4 Å². The van der Waals surface area contributed by atoms with Crippen molar-refractivity contribution in [3.8, 4) is 5.75 Å². The largest absolute Gasteiger partial charge is 0.725 e. The highest BCUT2D eigenvalue weighted by Crippen LogP contribution is 2.41. The van der Waals surface area contributed by atoms with Crippen LogP contribution in [0.4, 0.5) is 8.63 Å². The van der Waals surface area contributed by atoms with Crippen LogP contribution in [0.25, 0.3) is 16.5 Å². The van der Waals surface area contributed by atoms with Gasteiger partial charge in [-0.1, -0.05) is 36.4 Å². The standard InChI is InChI=1S/C21H18BF2NO2/c1-25(2)17-11-7-15(8-12-17)9-13-19-21-18-6-4-3-5-16(18)10-14-20(21)27-22(23,24)26-19/h3-14H,1-2H3/b19-13+. The Kier molecular flexibility index (Phi) is 4.19. The van der Waals surface area contributed by atoms with Crippen molar-refractivity contribution >= 4 is 29.3 Å². The van der Waals surface area contributed by atoms with Crippen molar-refractivity contribution < 1.29 is 22.5 Å². The van der Waals surface area contributed by atoms with Gasteiger partial charge in [0, 0.05) is 12.2 Å². The van der Waals surface area contributed by atoms with E-state index in [-0.39, 0.29) is 11.5 Å². The van der Waals surface area contributed by atoms with Gasteiger partial charge in [-0.2, -0.15) is 0 Å². The third-order valence-corrected chi connectivity index (χ3v) is 4.50. The molecule has 0 fully saturated rings. The van der Waals surface area contributed by atoms with Crippen LogP contribution in [-0.2, 0) is 4.65 Å². The fraction of sp³-hybridized carbons (Fsp3) is 0.0952. The molecule has 3 nitrogen and oxygen atoms in total. The molecule has 0 aromatic heterocycles. The fourth-order valence-electron chi connectivity index (χ4n) is 3.16. The fourth-order valence-corrected chi connectivity index (χ4v) is 3.16. The Hall–Kier alpha value is -3.15. The molecular formula is C21H18BF2NO2. The normalized spacial score (nSPS) is 18.9. The molecule has 0 radical (unpaired) electrons. The van der Waals surface area contributed by atoms with Gasteiger partial charge in [0.05, 0.1) is 17.1 Å². The first-order valence-electron chi connectivity index (χ1n) is 8.65. The molecule has 2 aliphatic rings. The maximum Gasteiger partial charge on any atom is 0.725 e. The minimum atomic E-state index is -4.40. The van der Waals surface area contributed by atoms with Gasteiger partial charge in [0.15, 0.2) is 5.71 Å². The molecule has 0 spiro atoms. The summed E-state index contributed by atoms with van der Waals surface area (Å²) >= 11 is 0. The molecular weight excluding hydrogens is 347 g/mol. The third kappa shape index (κ3) is 3.43. The van der Waals surface area contributed by atoms with Crippen LogP contribution < -0.4 is 4.65 Å². The summed E-state index contributed by atoms with van der Waals surface area (Å²) in [7, 11) is -0.477. The quantitative estimate of drug-likeness (QED) is 0.538. The summed E-state index contributed by atoms with van der Waals surface area (Å²) < 4.78 is 39.6. The summed E-state index contributed by atoms with van der Waals surface area (Å²) in [5, 5.41) is 1.74.